The fraction of sp³-hybridized carbons (Fsp3) is 0.136. The molecule has 4 rings (SSSR count). The van der Waals surface area contributed by atoms with E-state index in [0.717, 1.165) is 23.1 Å². The predicted molar refractivity (Wildman–Crippen MR) is 109 cm³/mol. The lowest BCUT2D eigenvalue weighted by Crippen LogP contribution is -2.17. The second kappa shape index (κ2) is 8.58. The summed E-state index contributed by atoms with van der Waals surface area (Å²) >= 11 is 0. The smallest absolute Gasteiger partial charge is 0.492 e. The van der Waals surface area contributed by atoms with Crippen molar-refractivity contribution in [2.45, 2.75) is 12.9 Å². The molecule has 0 aliphatic carbocycles. The Morgan fingerprint density at radius 3 is 2.44 bits per heavy atom. The fourth-order valence-corrected chi connectivity index (χ4v) is 3.29. The van der Waals surface area contributed by atoms with Crippen molar-refractivity contribution >= 4 is 16.9 Å². The number of halogens is 3. The summed E-state index contributed by atoms with van der Waals surface area (Å²) in [6, 6.07) is 12.0. The second-order valence-corrected chi connectivity index (χ2v) is 6.72. The van der Waals surface area contributed by atoms with E-state index in [1.54, 1.807) is 35.3 Å². The molecular formula is C22H16F3N3O4. The van der Waals surface area contributed by atoms with Gasteiger partial charge in [0, 0.05) is 28.9 Å². The molecule has 164 valence electrons. The zero-order valence-electron chi connectivity index (χ0n) is 16.4. The summed E-state index contributed by atoms with van der Waals surface area (Å²) in [4.78, 5) is 20.0. The number of aromatic nitrogens is 3. The number of carbonyl (C=O) groups is 1. The molecule has 0 aliphatic heterocycles. The quantitative estimate of drug-likeness (QED) is 0.443. The summed E-state index contributed by atoms with van der Waals surface area (Å²) in [5.41, 5.74) is 2.26. The molecule has 10 heteroatoms. The van der Waals surface area contributed by atoms with E-state index in [4.69, 9.17) is 4.74 Å². The van der Waals surface area contributed by atoms with Crippen LogP contribution < -0.4 is 9.47 Å². The number of carboxylic acids is 1. The van der Waals surface area contributed by atoms with Crippen molar-refractivity contribution in [3.8, 4) is 22.8 Å². The van der Waals surface area contributed by atoms with Crippen LogP contribution in [0.15, 0.2) is 67.1 Å². The maximum atomic E-state index is 12.2. The van der Waals surface area contributed by atoms with E-state index >= 15 is 0 Å². The number of nitrogens with zero attached hydrogens (tertiary/aromatic N) is 3. The standard InChI is InChI=1S/C22H16F3N3O4/c23-22(24,25)32-17-4-2-16(3-5-17)31-10-9-28-19-6-1-14(18-13-26-7-8-27-18)11-15(19)12-20(28)21(29)30/h1-8,11-13H,9-10H2,(H,29,30). The number of fused-ring (bicyclic) bond motifs is 1. The number of rotatable bonds is 7. The van der Waals surface area contributed by atoms with Gasteiger partial charge in [-0.2, -0.15) is 0 Å². The van der Waals surface area contributed by atoms with Crippen molar-refractivity contribution in [3.05, 3.63) is 72.8 Å². The third kappa shape index (κ3) is 4.80. The van der Waals surface area contributed by atoms with Gasteiger partial charge < -0.3 is 19.1 Å². The molecule has 0 bridgehead atoms. The topological polar surface area (TPSA) is 86.5 Å². The Morgan fingerprint density at radius 1 is 1.03 bits per heavy atom. The number of aromatic carboxylic acids is 1. The Hall–Kier alpha value is -4.08. The number of hydrogen-bond donors (Lipinski definition) is 1. The highest BCUT2D eigenvalue weighted by Gasteiger charge is 2.31. The summed E-state index contributed by atoms with van der Waals surface area (Å²) in [7, 11) is 0. The van der Waals surface area contributed by atoms with Gasteiger partial charge >= 0.3 is 12.3 Å². The van der Waals surface area contributed by atoms with E-state index in [1.807, 2.05) is 12.1 Å². The molecule has 2 aromatic heterocycles. The molecule has 7 nitrogen and oxygen atoms in total. The van der Waals surface area contributed by atoms with E-state index in [-0.39, 0.29) is 24.6 Å². The Kier molecular flexibility index (Phi) is 5.67. The zero-order chi connectivity index (χ0) is 22.7. The average Bonchev–Trinajstić information content (AvgIpc) is 3.13. The molecule has 0 aliphatic rings. The van der Waals surface area contributed by atoms with Crippen LogP contribution >= 0.6 is 0 Å². The normalized spacial score (nSPS) is 11.5. The van der Waals surface area contributed by atoms with Crippen LogP contribution in [-0.4, -0.2) is 38.6 Å². The van der Waals surface area contributed by atoms with Crippen molar-refractivity contribution in [2.75, 3.05) is 6.61 Å². The van der Waals surface area contributed by atoms with Crippen molar-refractivity contribution in [2.24, 2.45) is 0 Å². The van der Waals surface area contributed by atoms with Crippen molar-refractivity contribution in [1.82, 2.24) is 14.5 Å². The molecule has 0 atom stereocenters. The molecule has 0 saturated heterocycles. The minimum absolute atomic E-state index is 0.0915. The molecule has 32 heavy (non-hydrogen) atoms. The molecule has 0 saturated carbocycles. The van der Waals surface area contributed by atoms with Gasteiger partial charge in [0.25, 0.3) is 0 Å². The largest absolute Gasteiger partial charge is 0.573 e. The van der Waals surface area contributed by atoms with Crippen LogP contribution in [-0.2, 0) is 6.54 Å². The van der Waals surface area contributed by atoms with E-state index < -0.39 is 12.3 Å². The van der Waals surface area contributed by atoms with E-state index in [0.29, 0.717) is 17.0 Å². The minimum atomic E-state index is -4.77. The highest BCUT2D eigenvalue weighted by molar-refractivity contribution is 5.96. The Bertz CT molecular complexity index is 1240. The fourth-order valence-electron chi connectivity index (χ4n) is 3.29. The summed E-state index contributed by atoms with van der Waals surface area (Å²) in [6.07, 6.45) is -0.00238. The molecule has 0 amide bonds. The molecule has 1 N–H and O–H groups in total. The Balaban J connectivity index is 1.51. The first-order chi connectivity index (χ1) is 15.3. The van der Waals surface area contributed by atoms with Crippen LogP contribution in [0, 0.1) is 0 Å². The highest BCUT2D eigenvalue weighted by Crippen LogP contribution is 2.27. The van der Waals surface area contributed by atoms with Crippen molar-refractivity contribution in [3.63, 3.8) is 0 Å². The van der Waals surface area contributed by atoms with Gasteiger partial charge in [-0.05, 0) is 42.5 Å². The average molecular weight is 443 g/mol. The Morgan fingerprint density at radius 2 is 1.78 bits per heavy atom. The molecule has 0 unspecified atom stereocenters. The van der Waals surface area contributed by atoms with Gasteiger partial charge in [-0.15, -0.1) is 13.2 Å². The molecule has 0 fully saturated rings. The lowest BCUT2D eigenvalue weighted by Gasteiger charge is -2.12. The van der Waals surface area contributed by atoms with Crippen molar-refractivity contribution in [1.29, 1.82) is 0 Å². The number of hydrogen-bond acceptors (Lipinski definition) is 5. The van der Waals surface area contributed by atoms with E-state index in [9.17, 15) is 23.1 Å². The lowest BCUT2D eigenvalue weighted by molar-refractivity contribution is -0.274. The van der Waals surface area contributed by atoms with Gasteiger partial charge in [0.2, 0.25) is 0 Å². The summed E-state index contributed by atoms with van der Waals surface area (Å²) < 4.78 is 47.7. The van der Waals surface area contributed by atoms with E-state index in [1.165, 1.54) is 12.1 Å². The second-order valence-electron chi connectivity index (χ2n) is 6.72. The first kappa shape index (κ1) is 21.2. The molecule has 2 heterocycles. The van der Waals surface area contributed by atoms with Crippen LogP contribution in [0.4, 0.5) is 13.2 Å². The molecule has 0 radical (unpaired) electrons. The van der Waals surface area contributed by atoms with Crippen LogP contribution in [0.25, 0.3) is 22.2 Å². The maximum absolute atomic E-state index is 12.2. The number of carboxylic acid groups (broad SMARTS) is 1. The van der Waals surface area contributed by atoms with Crippen LogP contribution in [0.1, 0.15) is 10.5 Å². The summed E-state index contributed by atoms with van der Waals surface area (Å²) in [5, 5.41) is 10.3. The van der Waals surface area contributed by atoms with Gasteiger partial charge in [-0.1, -0.05) is 6.07 Å². The molecule has 2 aromatic carbocycles. The molecular weight excluding hydrogens is 427 g/mol. The minimum Gasteiger partial charge on any atom is -0.492 e. The Labute approximate surface area is 179 Å². The molecule has 4 aromatic rings. The number of alkyl halides is 3. The van der Waals surface area contributed by atoms with Crippen molar-refractivity contribution < 1.29 is 32.5 Å². The van der Waals surface area contributed by atoms with Crippen LogP contribution in [0.5, 0.6) is 11.5 Å². The zero-order valence-corrected chi connectivity index (χ0v) is 16.4. The van der Waals surface area contributed by atoms with Gasteiger partial charge in [0.1, 0.15) is 23.8 Å². The van der Waals surface area contributed by atoms with Crippen LogP contribution in [0.3, 0.4) is 0 Å². The monoisotopic (exact) mass is 443 g/mol. The SMILES string of the molecule is O=C(O)c1cc2cc(-c3cnccn3)ccc2n1CCOc1ccc(OC(F)(F)F)cc1. The van der Waals surface area contributed by atoms with Gasteiger partial charge in [0.05, 0.1) is 18.4 Å². The van der Waals surface area contributed by atoms with Gasteiger partial charge in [-0.3, -0.25) is 9.97 Å². The summed E-state index contributed by atoms with van der Waals surface area (Å²) in [6.45, 7) is 0.325. The first-order valence-corrected chi connectivity index (χ1v) is 9.42. The predicted octanol–water partition coefficient (Wildman–Crippen LogP) is 4.77. The maximum Gasteiger partial charge on any atom is 0.573 e. The summed E-state index contributed by atoms with van der Waals surface area (Å²) in [5.74, 6) is -1.11. The van der Waals surface area contributed by atoms with E-state index in [2.05, 4.69) is 14.7 Å². The number of ether oxygens (including phenoxy) is 2. The molecule has 0 spiro atoms. The highest BCUT2D eigenvalue weighted by atomic mass is 19.4. The van der Waals surface area contributed by atoms with Gasteiger partial charge in [-0.25, -0.2) is 4.79 Å². The van der Waals surface area contributed by atoms with Crippen LogP contribution in [0.2, 0.25) is 0 Å². The number of benzene rings is 2. The first-order valence-electron chi connectivity index (χ1n) is 9.42. The lowest BCUT2D eigenvalue weighted by atomic mass is 10.1. The van der Waals surface area contributed by atoms with Gasteiger partial charge in [0.15, 0.2) is 0 Å². The third-order valence-corrected chi connectivity index (χ3v) is 4.62. The third-order valence-electron chi connectivity index (χ3n) is 4.62.